The van der Waals surface area contributed by atoms with Crippen LogP contribution in [0.25, 0.3) is 11.1 Å². The Morgan fingerprint density at radius 2 is 1.45 bits per heavy atom. The van der Waals surface area contributed by atoms with Crippen molar-refractivity contribution in [1.29, 1.82) is 0 Å². The van der Waals surface area contributed by atoms with E-state index in [1.54, 1.807) is 0 Å². The zero-order valence-corrected chi connectivity index (χ0v) is 16.8. The maximum atomic E-state index is 12.4. The van der Waals surface area contributed by atoms with Gasteiger partial charge in [-0.2, -0.15) is 0 Å². The molecule has 1 fully saturated rings. The minimum Gasteiger partial charge on any atom is -0.349 e. The Morgan fingerprint density at radius 1 is 0.828 bits per heavy atom. The Labute approximate surface area is 173 Å². The van der Waals surface area contributed by atoms with Crippen molar-refractivity contribution in [2.75, 3.05) is 19.6 Å². The molecule has 0 unspecified atom stereocenters. The minimum absolute atomic E-state index is 0.0424. The van der Waals surface area contributed by atoms with E-state index in [9.17, 15) is 4.79 Å². The molecule has 3 aromatic carbocycles. The van der Waals surface area contributed by atoms with E-state index in [4.69, 9.17) is 0 Å². The van der Waals surface area contributed by atoms with Gasteiger partial charge in [0.25, 0.3) is 5.91 Å². The zero-order valence-electron chi connectivity index (χ0n) is 16.8. The lowest BCUT2D eigenvalue weighted by Gasteiger charge is -2.32. The molecule has 29 heavy (non-hydrogen) atoms. The summed E-state index contributed by atoms with van der Waals surface area (Å²) in [4.78, 5) is 14.9. The van der Waals surface area contributed by atoms with Crippen LogP contribution in [0.5, 0.6) is 0 Å². The van der Waals surface area contributed by atoms with Crippen LogP contribution in [0.4, 0.5) is 0 Å². The van der Waals surface area contributed by atoms with E-state index in [1.165, 1.54) is 16.7 Å². The highest BCUT2D eigenvalue weighted by atomic mass is 16.1. The number of nitrogens with one attached hydrogen (secondary N) is 1. The van der Waals surface area contributed by atoms with Crippen molar-refractivity contribution < 1.29 is 4.79 Å². The van der Waals surface area contributed by atoms with E-state index in [0.717, 1.165) is 44.5 Å². The number of hydrogen-bond donors (Lipinski definition) is 1. The molecule has 0 atom stereocenters. The van der Waals surface area contributed by atoms with Crippen LogP contribution >= 0.6 is 0 Å². The van der Waals surface area contributed by atoms with Crippen molar-refractivity contribution in [3.8, 4) is 11.1 Å². The van der Waals surface area contributed by atoms with Gasteiger partial charge in [-0.25, -0.2) is 0 Å². The van der Waals surface area contributed by atoms with Crippen LogP contribution < -0.4 is 5.32 Å². The number of hydrogen-bond acceptors (Lipinski definition) is 2. The molecule has 4 rings (SSSR count). The number of benzene rings is 3. The summed E-state index contributed by atoms with van der Waals surface area (Å²) in [6.45, 7) is 3.13. The molecule has 1 aliphatic heterocycles. The SMILES string of the molecule is O=C(NC1CCN(CCc2ccccc2-c2ccccc2)CC1)c1ccccc1. The van der Waals surface area contributed by atoms with Crippen LogP contribution in [-0.4, -0.2) is 36.5 Å². The fraction of sp³-hybridized carbons (Fsp3) is 0.269. The molecule has 0 bridgehead atoms. The second kappa shape index (κ2) is 9.53. The summed E-state index contributed by atoms with van der Waals surface area (Å²) in [5.41, 5.74) is 4.76. The third kappa shape index (κ3) is 5.12. The molecule has 3 aromatic rings. The van der Waals surface area contributed by atoms with Gasteiger partial charge < -0.3 is 10.2 Å². The molecule has 3 heteroatoms. The molecule has 1 aliphatic rings. The van der Waals surface area contributed by atoms with Gasteiger partial charge >= 0.3 is 0 Å². The van der Waals surface area contributed by atoms with E-state index in [-0.39, 0.29) is 11.9 Å². The molecule has 0 aliphatic carbocycles. The smallest absolute Gasteiger partial charge is 0.251 e. The molecule has 1 heterocycles. The molecule has 0 saturated carbocycles. The number of carbonyl (C=O) groups is 1. The van der Waals surface area contributed by atoms with Gasteiger partial charge in [-0.05, 0) is 48.1 Å². The third-order valence-electron chi connectivity index (χ3n) is 5.76. The van der Waals surface area contributed by atoms with Gasteiger partial charge in [0.15, 0.2) is 0 Å². The monoisotopic (exact) mass is 384 g/mol. The number of piperidine rings is 1. The van der Waals surface area contributed by atoms with Gasteiger partial charge in [-0.3, -0.25) is 4.79 Å². The molecular formula is C26H28N2O. The Balaban J connectivity index is 1.28. The van der Waals surface area contributed by atoms with Crippen molar-refractivity contribution in [1.82, 2.24) is 10.2 Å². The van der Waals surface area contributed by atoms with Crippen LogP contribution in [0, 0.1) is 0 Å². The highest BCUT2D eigenvalue weighted by molar-refractivity contribution is 5.94. The summed E-state index contributed by atoms with van der Waals surface area (Å²) in [6, 6.07) is 29.1. The first-order valence-electron chi connectivity index (χ1n) is 10.5. The Morgan fingerprint density at radius 3 is 2.17 bits per heavy atom. The van der Waals surface area contributed by atoms with Crippen LogP contribution in [0.15, 0.2) is 84.9 Å². The number of amides is 1. The highest BCUT2D eigenvalue weighted by Crippen LogP contribution is 2.24. The quantitative estimate of drug-likeness (QED) is 0.663. The molecule has 148 valence electrons. The zero-order chi connectivity index (χ0) is 19.9. The number of likely N-dealkylation sites (tertiary alicyclic amines) is 1. The normalized spacial score (nSPS) is 15.2. The second-order valence-corrected chi connectivity index (χ2v) is 7.73. The van der Waals surface area contributed by atoms with Crippen molar-refractivity contribution in [3.05, 3.63) is 96.1 Å². The van der Waals surface area contributed by atoms with Crippen molar-refractivity contribution in [2.45, 2.75) is 25.3 Å². The van der Waals surface area contributed by atoms with E-state index in [2.05, 4.69) is 64.8 Å². The molecule has 3 nitrogen and oxygen atoms in total. The van der Waals surface area contributed by atoms with Crippen molar-refractivity contribution in [2.24, 2.45) is 0 Å². The number of carbonyl (C=O) groups excluding carboxylic acids is 1. The number of rotatable bonds is 6. The highest BCUT2D eigenvalue weighted by Gasteiger charge is 2.21. The summed E-state index contributed by atoms with van der Waals surface area (Å²) in [5.74, 6) is 0.0424. The van der Waals surface area contributed by atoms with Gasteiger partial charge in [-0.1, -0.05) is 72.8 Å². The minimum atomic E-state index is 0.0424. The molecule has 1 saturated heterocycles. The van der Waals surface area contributed by atoms with Gasteiger partial charge in [0.2, 0.25) is 0 Å². The predicted molar refractivity (Wildman–Crippen MR) is 119 cm³/mol. The second-order valence-electron chi connectivity index (χ2n) is 7.73. The van der Waals surface area contributed by atoms with Crippen molar-refractivity contribution >= 4 is 5.91 Å². The standard InChI is InChI=1S/C26H28N2O/c29-26(23-12-5-2-6-13-23)27-24-16-19-28(20-17-24)18-15-22-11-7-8-14-25(22)21-9-3-1-4-10-21/h1-14,24H,15-20H2,(H,27,29). The van der Waals surface area contributed by atoms with Gasteiger partial charge in [0, 0.05) is 31.2 Å². The lowest BCUT2D eigenvalue weighted by Crippen LogP contribution is -2.45. The lowest BCUT2D eigenvalue weighted by atomic mass is 9.97. The van der Waals surface area contributed by atoms with E-state index in [0.29, 0.717) is 0 Å². The first kappa shape index (κ1) is 19.4. The summed E-state index contributed by atoms with van der Waals surface area (Å²) in [7, 11) is 0. The predicted octanol–water partition coefficient (Wildman–Crippen LogP) is 4.79. The first-order valence-corrected chi connectivity index (χ1v) is 10.5. The molecule has 0 radical (unpaired) electrons. The summed E-state index contributed by atoms with van der Waals surface area (Å²) in [5, 5.41) is 3.19. The van der Waals surface area contributed by atoms with Crippen LogP contribution in [0.2, 0.25) is 0 Å². The molecular weight excluding hydrogens is 356 g/mol. The molecule has 0 spiro atoms. The average molecular weight is 385 g/mol. The molecule has 1 N–H and O–H groups in total. The average Bonchev–Trinajstić information content (AvgIpc) is 2.80. The Bertz CT molecular complexity index is 916. The fourth-order valence-electron chi connectivity index (χ4n) is 4.08. The topological polar surface area (TPSA) is 32.3 Å². The first-order chi connectivity index (χ1) is 14.3. The Kier molecular flexibility index (Phi) is 6.38. The van der Waals surface area contributed by atoms with Gasteiger partial charge in [0.05, 0.1) is 0 Å². The fourth-order valence-corrected chi connectivity index (χ4v) is 4.08. The molecule has 1 amide bonds. The van der Waals surface area contributed by atoms with Gasteiger partial charge in [-0.15, -0.1) is 0 Å². The van der Waals surface area contributed by atoms with Crippen LogP contribution in [0.3, 0.4) is 0 Å². The van der Waals surface area contributed by atoms with Crippen LogP contribution in [-0.2, 0) is 6.42 Å². The maximum absolute atomic E-state index is 12.4. The van der Waals surface area contributed by atoms with E-state index in [1.807, 2.05) is 30.3 Å². The van der Waals surface area contributed by atoms with Gasteiger partial charge in [0.1, 0.15) is 0 Å². The van der Waals surface area contributed by atoms with E-state index < -0.39 is 0 Å². The van der Waals surface area contributed by atoms with E-state index >= 15 is 0 Å². The lowest BCUT2D eigenvalue weighted by molar-refractivity contribution is 0.0911. The summed E-state index contributed by atoms with van der Waals surface area (Å²) >= 11 is 0. The largest absolute Gasteiger partial charge is 0.349 e. The Hall–Kier alpha value is -2.91. The maximum Gasteiger partial charge on any atom is 0.251 e. The summed E-state index contributed by atoms with van der Waals surface area (Å²) in [6.07, 6.45) is 3.07. The summed E-state index contributed by atoms with van der Waals surface area (Å²) < 4.78 is 0. The third-order valence-corrected chi connectivity index (χ3v) is 5.76. The van der Waals surface area contributed by atoms with Crippen LogP contribution in [0.1, 0.15) is 28.8 Å². The number of nitrogens with zero attached hydrogens (tertiary/aromatic N) is 1. The molecule has 0 aromatic heterocycles. The van der Waals surface area contributed by atoms with Crippen molar-refractivity contribution in [3.63, 3.8) is 0 Å².